The molecule has 0 radical (unpaired) electrons. The van der Waals surface area contributed by atoms with Gasteiger partial charge in [0.25, 0.3) is 0 Å². The number of ether oxygens (including phenoxy) is 4. The maximum absolute atomic E-state index is 12.1. The van der Waals surface area contributed by atoms with E-state index in [1.165, 1.54) is 44.9 Å². The molecule has 9 nitrogen and oxygen atoms in total. The lowest BCUT2D eigenvalue weighted by Gasteiger charge is -2.59. The van der Waals surface area contributed by atoms with Crippen LogP contribution in [0.4, 0.5) is 0 Å². The molecule has 2 aliphatic heterocycles. The van der Waals surface area contributed by atoms with E-state index in [2.05, 4.69) is 32.4 Å². The first kappa shape index (κ1) is 40.2. The highest BCUT2D eigenvalue weighted by Crippen LogP contribution is 2.60. The lowest BCUT2D eigenvalue weighted by Crippen LogP contribution is -2.58. The highest BCUT2D eigenvalue weighted by atomic mass is 16.6. The van der Waals surface area contributed by atoms with Gasteiger partial charge in [0, 0.05) is 11.8 Å². The van der Waals surface area contributed by atoms with E-state index in [1.807, 2.05) is 20.8 Å². The molecule has 0 aromatic heterocycles. The van der Waals surface area contributed by atoms with E-state index in [-0.39, 0.29) is 65.3 Å². The van der Waals surface area contributed by atoms with Crippen LogP contribution in [0.2, 0.25) is 0 Å². The minimum atomic E-state index is -0.396. The van der Waals surface area contributed by atoms with Crippen molar-refractivity contribution in [2.45, 2.75) is 157 Å². The maximum Gasteiger partial charge on any atom is 0.317 e. The molecule has 53 heavy (non-hydrogen) atoms. The van der Waals surface area contributed by atoms with Gasteiger partial charge in [0.05, 0.1) is 29.6 Å². The quantitative estimate of drug-likeness (QED) is 0.150. The molecule has 0 amide bonds. The molecule has 0 aromatic rings. The third kappa shape index (κ3) is 7.84. The topological polar surface area (TPSA) is 122 Å². The van der Waals surface area contributed by atoms with Crippen molar-refractivity contribution in [3.8, 4) is 0 Å². The number of hydrogen-bond acceptors (Lipinski definition) is 9. The van der Waals surface area contributed by atoms with Gasteiger partial charge in [-0.2, -0.15) is 0 Å². The Bertz CT molecular complexity index is 1320. The largest absolute Gasteiger partial charge is 0.459 e. The zero-order valence-electron chi connectivity index (χ0n) is 34.0. The first-order valence-corrected chi connectivity index (χ1v) is 21.4. The Morgan fingerprint density at radius 3 is 1.64 bits per heavy atom. The Morgan fingerprint density at radius 2 is 1.21 bits per heavy atom. The highest BCUT2D eigenvalue weighted by molar-refractivity contribution is 5.95. The fourth-order valence-electron chi connectivity index (χ4n) is 11.8. The predicted octanol–water partition coefficient (Wildman–Crippen LogP) is 8.35. The Labute approximate surface area is 318 Å². The standard InChI is InChI=1S/C16H26O2.C13H18O4.C9H16.C6H8O3/c1-4-10(2)15(17)18-16(3)13-6-11-5-12(8-13)9-14(16)7-11;1-3-6(2)12(14)16-10-7-4-8-9(5-7)13(15)17-11(8)10;1-6-7(2)9-4-3-8(6)5-9;1-3-4(2)6(8)9-5(3)7/h10-14H,4-9H2,1-3H3;6-11H,3-5H2,1-2H3;6-9H,3-5H2,1-2H3;3-4H,1-2H3. The van der Waals surface area contributed by atoms with Gasteiger partial charge in [-0.25, -0.2) is 0 Å². The van der Waals surface area contributed by atoms with E-state index in [9.17, 15) is 24.0 Å². The molecule has 2 heterocycles. The van der Waals surface area contributed by atoms with Crippen molar-refractivity contribution in [3.05, 3.63) is 0 Å². The molecule has 13 unspecified atom stereocenters. The number of cyclic esters (lactones) is 2. The Hall–Kier alpha value is -2.45. The lowest BCUT2D eigenvalue weighted by atomic mass is 9.50. The minimum Gasteiger partial charge on any atom is -0.459 e. The molecule has 8 bridgehead atoms. The van der Waals surface area contributed by atoms with Crippen molar-refractivity contribution in [2.75, 3.05) is 0 Å². The molecule has 298 valence electrons. The summed E-state index contributed by atoms with van der Waals surface area (Å²) in [6.07, 6.45) is 14.5. The van der Waals surface area contributed by atoms with Gasteiger partial charge in [-0.05, 0) is 131 Å². The average Bonchev–Trinajstić information content (AvgIpc) is 3.97. The second kappa shape index (κ2) is 16.0. The third-order valence-electron chi connectivity index (χ3n) is 16.3. The van der Waals surface area contributed by atoms with E-state index < -0.39 is 11.9 Å². The van der Waals surface area contributed by atoms with E-state index in [0.717, 1.165) is 61.2 Å². The van der Waals surface area contributed by atoms with Crippen LogP contribution in [0.5, 0.6) is 0 Å². The summed E-state index contributed by atoms with van der Waals surface area (Å²) in [7, 11) is 0. The van der Waals surface area contributed by atoms with Crippen LogP contribution in [-0.4, -0.2) is 47.7 Å². The number of carbonyl (C=O) groups excluding carboxylic acids is 5. The summed E-state index contributed by atoms with van der Waals surface area (Å²) in [5.74, 6) is 6.70. The van der Waals surface area contributed by atoms with E-state index in [1.54, 1.807) is 20.3 Å². The van der Waals surface area contributed by atoms with Gasteiger partial charge in [-0.3, -0.25) is 24.0 Å². The second-order valence-corrected chi connectivity index (χ2v) is 19.2. The van der Waals surface area contributed by atoms with Gasteiger partial charge in [0.2, 0.25) is 0 Å². The number of hydrogen-bond donors (Lipinski definition) is 0. The first-order valence-electron chi connectivity index (χ1n) is 21.4. The number of rotatable bonds is 6. The second-order valence-electron chi connectivity index (χ2n) is 19.2. The normalized spacial score (nSPS) is 45.5. The molecule has 2 saturated heterocycles. The number of fused-ring (bicyclic) bond motifs is 3. The monoisotopic (exact) mass is 740 g/mol. The highest BCUT2D eigenvalue weighted by Gasteiger charge is 2.63. The van der Waals surface area contributed by atoms with Crippen LogP contribution in [0.15, 0.2) is 0 Å². The zero-order chi connectivity index (χ0) is 38.5. The van der Waals surface area contributed by atoms with Gasteiger partial charge >= 0.3 is 29.8 Å². The fourth-order valence-corrected chi connectivity index (χ4v) is 11.8. The summed E-state index contributed by atoms with van der Waals surface area (Å²) in [6, 6.07) is 0. The Balaban J connectivity index is 0.000000127. The predicted molar refractivity (Wildman–Crippen MR) is 199 cm³/mol. The molecular formula is C44H68O9. The Morgan fingerprint density at radius 1 is 0.698 bits per heavy atom. The molecular weight excluding hydrogens is 672 g/mol. The smallest absolute Gasteiger partial charge is 0.317 e. The van der Waals surface area contributed by atoms with Crippen LogP contribution in [-0.2, 0) is 42.9 Å². The van der Waals surface area contributed by atoms with E-state index in [4.69, 9.17) is 14.2 Å². The molecule has 0 aromatic carbocycles. The van der Waals surface area contributed by atoms with Crippen molar-refractivity contribution in [2.24, 2.45) is 88.8 Å². The summed E-state index contributed by atoms with van der Waals surface area (Å²) in [5, 5.41) is 0. The SMILES string of the molecule is CC1C(=O)OC(=O)C1C.CC1C2CCC(C2)C1C.CCC(C)C(=O)OC1(C)C2CC3CC(C2)CC1C3.CCC(C)C(=O)OC1C2CC3C(=O)OC1C3C2. The molecule has 0 N–H and O–H groups in total. The first-order chi connectivity index (χ1) is 25.1. The molecule has 10 rings (SSSR count). The van der Waals surface area contributed by atoms with Crippen molar-refractivity contribution in [1.82, 2.24) is 0 Å². The summed E-state index contributed by atoms with van der Waals surface area (Å²) in [4.78, 5) is 56.6. The Kier molecular flexibility index (Phi) is 12.1. The van der Waals surface area contributed by atoms with Gasteiger partial charge < -0.3 is 18.9 Å². The molecule has 9 heteroatoms. The molecule has 8 saturated carbocycles. The summed E-state index contributed by atoms with van der Waals surface area (Å²) < 4.78 is 21.2. The van der Waals surface area contributed by atoms with Gasteiger partial charge in [0.1, 0.15) is 17.8 Å². The van der Waals surface area contributed by atoms with Gasteiger partial charge in [-0.15, -0.1) is 0 Å². The van der Waals surface area contributed by atoms with Gasteiger partial charge in [0.15, 0.2) is 0 Å². The summed E-state index contributed by atoms with van der Waals surface area (Å²) >= 11 is 0. The van der Waals surface area contributed by atoms with E-state index >= 15 is 0 Å². The molecule has 13 atom stereocenters. The fraction of sp³-hybridized carbons (Fsp3) is 0.886. The number of carbonyl (C=O) groups is 5. The van der Waals surface area contributed by atoms with E-state index in [0.29, 0.717) is 23.7 Å². The third-order valence-corrected chi connectivity index (χ3v) is 16.3. The average molecular weight is 741 g/mol. The molecule has 10 fully saturated rings. The van der Waals surface area contributed by atoms with Crippen molar-refractivity contribution in [1.29, 1.82) is 0 Å². The van der Waals surface area contributed by atoms with Crippen LogP contribution in [0.25, 0.3) is 0 Å². The van der Waals surface area contributed by atoms with Crippen molar-refractivity contribution < 1.29 is 42.9 Å². The minimum absolute atomic E-state index is 0.0347. The summed E-state index contributed by atoms with van der Waals surface area (Å²) in [6.45, 7) is 18.4. The van der Waals surface area contributed by atoms with Crippen LogP contribution in [0.1, 0.15) is 139 Å². The van der Waals surface area contributed by atoms with Crippen LogP contribution in [0.3, 0.4) is 0 Å². The number of esters is 5. The zero-order valence-corrected chi connectivity index (χ0v) is 34.0. The lowest BCUT2D eigenvalue weighted by molar-refractivity contribution is -0.206. The van der Waals surface area contributed by atoms with Crippen molar-refractivity contribution >= 4 is 29.8 Å². The summed E-state index contributed by atoms with van der Waals surface area (Å²) in [5.41, 5.74) is -0.145. The van der Waals surface area contributed by atoms with Crippen LogP contribution < -0.4 is 0 Å². The van der Waals surface area contributed by atoms with Crippen molar-refractivity contribution in [3.63, 3.8) is 0 Å². The van der Waals surface area contributed by atoms with Gasteiger partial charge in [-0.1, -0.05) is 55.4 Å². The maximum atomic E-state index is 12.1. The van der Waals surface area contributed by atoms with Crippen LogP contribution in [0, 0.1) is 88.8 Å². The molecule has 0 spiro atoms. The molecule has 8 aliphatic carbocycles. The van der Waals surface area contributed by atoms with Crippen LogP contribution >= 0.6 is 0 Å². The molecule has 10 aliphatic rings.